The van der Waals surface area contributed by atoms with E-state index in [1.807, 2.05) is 0 Å². The lowest BCUT2D eigenvalue weighted by Gasteiger charge is -2.35. The summed E-state index contributed by atoms with van der Waals surface area (Å²) in [6.45, 7) is 4.40. The number of piperidine rings is 1. The van der Waals surface area contributed by atoms with Gasteiger partial charge in [0.15, 0.2) is 0 Å². The van der Waals surface area contributed by atoms with Gasteiger partial charge in [0.25, 0.3) is 0 Å². The maximum absolute atomic E-state index is 12.8. The quantitative estimate of drug-likeness (QED) is 0.637. The van der Waals surface area contributed by atoms with E-state index < -0.39 is 48.4 Å². The van der Waals surface area contributed by atoms with Gasteiger partial charge < -0.3 is 4.74 Å². The highest BCUT2D eigenvalue weighted by atomic mass is 19.4. The van der Waals surface area contributed by atoms with Crippen LogP contribution in [0.5, 0.6) is 0 Å². The summed E-state index contributed by atoms with van der Waals surface area (Å²) in [7, 11) is 0. The molecule has 0 aromatic rings. The topological polar surface area (TPSA) is 63.7 Å². The lowest BCUT2D eigenvalue weighted by molar-refractivity contribution is -0.193. The van der Waals surface area contributed by atoms with Crippen molar-refractivity contribution < 1.29 is 32.3 Å². The van der Waals surface area contributed by atoms with Crippen LogP contribution in [-0.4, -0.2) is 40.5 Å². The van der Waals surface area contributed by atoms with E-state index in [1.165, 1.54) is 20.8 Å². The molecule has 1 heterocycles. The molecule has 2 amide bonds. The van der Waals surface area contributed by atoms with Gasteiger partial charge in [-0.2, -0.15) is 13.2 Å². The zero-order valence-corrected chi connectivity index (χ0v) is 10.7. The maximum Gasteiger partial charge on any atom is 0.417 e. The molecule has 0 N–H and O–H groups in total. The van der Waals surface area contributed by atoms with E-state index in [0.717, 1.165) is 0 Å². The number of carbonyl (C=O) groups is 3. The van der Waals surface area contributed by atoms with Gasteiger partial charge in [-0.3, -0.25) is 9.59 Å². The third kappa shape index (κ3) is 3.93. The number of imide groups is 1. The van der Waals surface area contributed by atoms with Crippen molar-refractivity contribution in [2.45, 2.75) is 51.4 Å². The first kappa shape index (κ1) is 15.5. The van der Waals surface area contributed by atoms with Crippen LogP contribution in [0.25, 0.3) is 0 Å². The minimum Gasteiger partial charge on any atom is -0.443 e. The fourth-order valence-electron chi connectivity index (χ4n) is 1.61. The monoisotopic (exact) mass is 281 g/mol. The number of alkyl halides is 3. The molecule has 1 fully saturated rings. The summed E-state index contributed by atoms with van der Waals surface area (Å²) in [6, 6.07) is -2.45. The van der Waals surface area contributed by atoms with Crippen LogP contribution in [0.2, 0.25) is 0 Å². The number of rotatable bonds is 0. The van der Waals surface area contributed by atoms with Crippen LogP contribution in [0.3, 0.4) is 0 Å². The largest absolute Gasteiger partial charge is 0.443 e. The third-order valence-electron chi connectivity index (χ3n) is 2.32. The molecule has 1 aliphatic heterocycles. The minimum atomic E-state index is -4.86. The zero-order chi connectivity index (χ0) is 15.0. The van der Waals surface area contributed by atoms with Crippen molar-refractivity contribution in [2.24, 2.45) is 0 Å². The van der Waals surface area contributed by atoms with Crippen molar-refractivity contribution in [3.8, 4) is 0 Å². The Morgan fingerprint density at radius 2 is 1.79 bits per heavy atom. The van der Waals surface area contributed by atoms with Gasteiger partial charge in [-0.1, -0.05) is 0 Å². The second-order valence-corrected chi connectivity index (χ2v) is 5.22. The number of ketones is 1. The van der Waals surface area contributed by atoms with Gasteiger partial charge in [-0.15, -0.1) is 0 Å². The molecule has 1 atom stereocenters. The van der Waals surface area contributed by atoms with E-state index in [4.69, 9.17) is 4.74 Å². The van der Waals surface area contributed by atoms with E-state index in [-0.39, 0.29) is 4.90 Å². The van der Waals surface area contributed by atoms with Gasteiger partial charge in [0, 0.05) is 6.42 Å². The summed E-state index contributed by atoms with van der Waals surface area (Å²) in [5.41, 5.74) is -1.03. The molecule has 1 rings (SSSR count). The van der Waals surface area contributed by atoms with E-state index >= 15 is 0 Å². The Kier molecular flexibility index (Phi) is 3.92. The van der Waals surface area contributed by atoms with Crippen LogP contribution >= 0.6 is 0 Å². The number of hydrogen-bond acceptors (Lipinski definition) is 4. The van der Waals surface area contributed by atoms with Gasteiger partial charge in [0.05, 0.1) is 6.42 Å². The van der Waals surface area contributed by atoms with Crippen molar-refractivity contribution >= 4 is 17.8 Å². The number of halogens is 3. The van der Waals surface area contributed by atoms with Crippen LogP contribution in [0, 0.1) is 0 Å². The summed E-state index contributed by atoms with van der Waals surface area (Å²) in [6.07, 6.45) is -7.88. The summed E-state index contributed by atoms with van der Waals surface area (Å²) in [5.74, 6) is -2.03. The Labute approximate surface area is 107 Å². The molecule has 5 nitrogen and oxygen atoms in total. The number of Topliss-reactive ketones (excluding diaryl/α,β-unsaturated/α-hetero) is 1. The molecule has 0 spiro atoms. The minimum absolute atomic E-state index is 0.00729. The molecule has 108 valence electrons. The summed E-state index contributed by atoms with van der Waals surface area (Å²) in [5, 5.41) is 0. The second kappa shape index (κ2) is 4.82. The predicted octanol–water partition coefficient (Wildman–Crippen LogP) is 2.04. The molecule has 0 aromatic carbocycles. The first-order valence-electron chi connectivity index (χ1n) is 5.55. The van der Waals surface area contributed by atoms with Gasteiger partial charge >= 0.3 is 12.3 Å². The molecule has 19 heavy (non-hydrogen) atoms. The Morgan fingerprint density at radius 3 is 2.21 bits per heavy atom. The van der Waals surface area contributed by atoms with Crippen LogP contribution in [-0.2, 0) is 14.3 Å². The molecule has 8 heteroatoms. The predicted molar refractivity (Wildman–Crippen MR) is 57.2 cm³/mol. The molecule has 0 saturated carbocycles. The van der Waals surface area contributed by atoms with E-state index in [1.54, 1.807) is 0 Å². The molecule has 0 aromatic heterocycles. The third-order valence-corrected chi connectivity index (χ3v) is 2.32. The van der Waals surface area contributed by atoms with Crippen molar-refractivity contribution in [1.29, 1.82) is 0 Å². The SMILES string of the molecule is CC(C)(C)OC(=O)N1C(=O)CC(=O)CC1C(F)(F)F. The zero-order valence-electron chi connectivity index (χ0n) is 10.7. The van der Waals surface area contributed by atoms with E-state index in [0.29, 0.717) is 0 Å². The van der Waals surface area contributed by atoms with Crippen molar-refractivity contribution in [1.82, 2.24) is 4.90 Å². The van der Waals surface area contributed by atoms with E-state index in [9.17, 15) is 27.6 Å². The number of ether oxygens (including phenoxy) is 1. The van der Waals surface area contributed by atoms with Gasteiger partial charge in [0.2, 0.25) is 5.91 Å². The molecular weight excluding hydrogens is 267 g/mol. The van der Waals surface area contributed by atoms with Crippen molar-refractivity contribution in [3.63, 3.8) is 0 Å². The van der Waals surface area contributed by atoms with Crippen LogP contribution in [0.15, 0.2) is 0 Å². The molecule has 0 bridgehead atoms. The summed E-state index contributed by atoms with van der Waals surface area (Å²) < 4.78 is 43.1. The summed E-state index contributed by atoms with van der Waals surface area (Å²) >= 11 is 0. The highest BCUT2D eigenvalue weighted by Gasteiger charge is 2.52. The van der Waals surface area contributed by atoms with Crippen molar-refractivity contribution in [3.05, 3.63) is 0 Å². The lowest BCUT2D eigenvalue weighted by Crippen LogP contribution is -2.57. The molecule has 1 aliphatic rings. The van der Waals surface area contributed by atoms with E-state index in [2.05, 4.69) is 0 Å². The van der Waals surface area contributed by atoms with Crippen LogP contribution < -0.4 is 0 Å². The first-order chi connectivity index (χ1) is 8.42. The van der Waals surface area contributed by atoms with Gasteiger partial charge in [0.1, 0.15) is 17.4 Å². The summed E-state index contributed by atoms with van der Waals surface area (Å²) in [4.78, 5) is 34.2. The number of hydrogen-bond donors (Lipinski definition) is 0. The Morgan fingerprint density at radius 1 is 1.26 bits per heavy atom. The molecule has 1 unspecified atom stereocenters. The smallest absolute Gasteiger partial charge is 0.417 e. The fraction of sp³-hybridized carbons (Fsp3) is 0.727. The maximum atomic E-state index is 12.8. The molecular formula is C11H14F3NO4. The average Bonchev–Trinajstić information content (AvgIpc) is 2.11. The first-order valence-corrected chi connectivity index (χ1v) is 5.55. The Hall–Kier alpha value is -1.60. The number of likely N-dealkylation sites (tertiary alicyclic amines) is 1. The molecule has 0 radical (unpaired) electrons. The average molecular weight is 281 g/mol. The highest BCUT2D eigenvalue weighted by molar-refractivity contribution is 6.06. The Balaban J connectivity index is 3.02. The fourth-order valence-corrected chi connectivity index (χ4v) is 1.61. The number of nitrogens with zero attached hydrogens (tertiary/aromatic N) is 1. The standard InChI is InChI=1S/C11H14F3NO4/c1-10(2,3)19-9(18)15-7(11(12,13)14)4-6(16)5-8(15)17/h7H,4-5H2,1-3H3. The lowest BCUT2D eigenvalue weighted by atomic mass is 10.0. The van der Waals surface area contributed by atoms with Crippen molar-refractivity contribution in [2.75, 3.05) is 0 Å². The number of amides is 2. The normalized spacial score (nSPS) is 21.6. The Bertz CT molecular complexity index is 411. The second-order valence-electron chi connectivity index (χ2n) is 5.22. The molecule has 0 aliphatic carbocycles. The van der Waals surface area contributed by atoms with Crippen LogP contribution in [0.1, 0.15) is 33.6 Å². The van der Waals surface area contributed by atoms with Gasteiger partial charge in [-0.05, 0) is 20.8 Å². The number of carbonyl (C=O) groups excluding carboxylic acids is 3. The molecule has 1 saturated heterocycles. The van der Waals surface area contributed by atoms with Crippen LogP contribution in [0.4, 0.5) is 18.0 Å². The highest BCUT2D eigenvalue weighted by Crippen LogP contribution is 2.32. The van der Waals surface area contributed by atoms with Gasteiger partial charge in [-0.25, -0.2) is 9.69 Å².